The van der Waals surface area contributed by atoms with Crippen LogP contribution in [0.25, 0.3) is 0 Å². The van der Waals surface area contributed by atoms with E-state index in [4.69, 9.17) is 0 Å². The van der Waals surface area contributed by atoms with E-state index in [0.717, 1.165) is 12.6 Å². The van der Waals surface area contributed by atoms with Gasteiger partial charge in [0.25, 0.3) is 0 Å². The third-order valence-electron chi connectivity index (χ3n) is 3.45. The standard InChI is InChI=1S/C13H30N2/c1-6-12(7-2)14-10-11-15(5)13(8-3)9-4/h12-14H,6-11H2,1-5H3. The van der Waals surface area contributed by atoms with Crippen molar-refractivity contribution in [2.75, 3.05) is 20.1 Å². The predicted molar refractivity (Wildman–Crippen MR) is 69.4 cm³/mol. The smallest absolute Gasteiger partial charge is 0.0107 e. The molecule has 2 heteroatoms. The van der Waals surface area contributed by atoms with Gasteiger partial charge in [0, 0.05) is 25.2 Å². The van der Waals surface area contributed by atoms with Crippen LogP contribution in [-0.4, -0.2) is 37.1 Å². The van der Waals surface area contributed by atoms with E-state index < -0.39 is 0 Å². The first-order valence-corrected chi connectivity index (χ1v) is 6.63. The van der Waals surface area contributed by atoms with Crippen LogP contribution in [0, 0.1) is 0 Å². The van der Waals surface area contributed by atoms with Crippen molar-refractivity contribution < 1.29 is 0 Å². The summed E-state index contributed by atoms with van der Waals surface area (Å²) in [5.41, 5.74) is 0. The van der Waals surface area contributed by atoms with E-state index in [9.17, 15) is 0 Å². The van der Waals surface area contributed by atoms with Gasteiger partial charge in [-0.1, -0.05) is 27.7 Å². The van der Waals surface area contributed by atoms with Gasteiger partial charge >= 0.3 is 0 Å². The molecule has 0 aromatic carbocycles. The summed E-state index contributed by atoms with van der Waals surface area (Å²) in [7, 11) is 2.24. The number of rotatable bonds is 9. The van der Waals surface area contributed by atoms with Crippen molar-refractivity contribution in [3.63, 3.8) is 0 Å². The van der Waals surface area contributed by atoms with Gasteiger partial charge < -0.3 is 10.2 Å². The van der Waals surface area contributed by atoms with Gasteiger partial charge in [-0.3, -0.25) is 0 Å². The van der Waals surface area contributed by atoms with E-state index in [1.165, 1.54) is 32.2 Å². The molecule has 0 spiro atoms. The molecule has 0 unspecified atom stereocenters. The molecule has 0 atom stereocenters. The summed E-state index contributed by atoms with van der Waals surface area (Å²) in [5, 5.41) is 3.61. The molecular weight excluding hydrogens is 184 g/mol. The summed E-state index contributed by atoms with van der Waals surface area (Å²) in [6.07, 6.45) is 5.01. The molecule has 92 valence electrons. The lowest BCUT2D eigenvalue weighted by Crippen LogP contribution is -2.39. The minimum atomic E-state index is 0.708. The summed E-state index contributed by atoms with van der Waals surface area (Å²) in [6.45, 7) is 11.4. The lowest BCUT2D eigenvalue weighted by molar-refractivity contribution is 0.226. The van der Waals surface area contributed by atoms with Crippen LogP contribution in [0.15, 0.2) is 0 Å². The second-order valence-electron chi connectivity index (χ2n) is 4.42. The first kappa shape index (κ1) is 14.9. The lowest BCUT2D eigenvalue weighted by Gasteiger charge is -2.27. The molecule has 2 nitrogen and oxygen atoms in total. The highest BCUT2D eigenvalue weighted by atomic mass is 15.1. The zero-order chi connectivity index (χ0) is 11.7. The number of likely N-dealkylation sites (N-methyl/N-ethyl adjacent to an activating group) is 1. The second kappa shape index (κ2) is 9.17. The second-order valence-corrected chi connectivity index (χ2v) is 4.42. The topological polar surface area (TPSA) is 15.3 Å². The summed E-state index contributed by atoms with van der Waals surface area (Å²) in [5.74, 6) is 0. The van der Waals surface area contributed by atoms with Gasteiger partial charge in [0.1, 0.15) is 0 Å². The molecule has 0 fully saturated rings. The summed E-state index contributed by atoms with van der Waals surface area (Å²) in [6, 6.07) is 1.47. The highest BCUT2D eigenvalue weighted by Crippen LogP contribution is 2.05. The van der Waals surface area contributed by atoms with Crippen molar-refractivity contribution in [2.45, 2.75) is 65.5 Å². The highest BCUT2D eigenvalue weighted by Gasteiger charge is 2.10. The Labute approximate surface area is 96.4 Å². The Bertz CT molecular complexity index is 128. The van der Waals surface area contributed by atoms with Crippen molar-refractivity contribution in [3.8, 4) is 0 Å². The van der Waals surface area contributed by atoms with Gasteiger partial charge in [-0.25, -0.2) is 0 Å². The van der Waals surface area contributed by atoms with Crippen LogP contribution in [0.2, 0.25) is 0 Å². The normalized spacial score (nSPS) is 12.0. The fraction of sp³-hybridized carbons (Fsp3) is 1.00. The Kier molecular flexibility index (Phi) is 9.12. The molecule has 0 aliphatic rings. The zero-order valence-electron chi connectivity index (χ0n) is 11.3. The molecule has 0 radical (unpaired) electrons. The Balaban J connectivity index is 3.65. The van der Waals surface area contributed by atoms with E-state index in [2.05, 4.69) is 45.0 Å². The Morgan fingerprint density at radius 3 is 1.87 bits per heavy atom. The van der Waals surface area contributed by atoms with Gasteiger partial charge in [-0.05, 0) is 32.7 Å². The first-order chi connectivity index (χ1) is 7.19. The van der Waals surface area contributed by atoms with Crippen molar-refractivity contribution in [2.24, 2.45) is 0 Å². The van der Waals surface area contributed by atoms with Crippen LogP contribution >= 0.6 is 0 Å². The van der Waals surface area contributed by atoms with Crippen LogP contribution in [0.1, 0.15) is 53.4 Å². The maximum atomic E-state index is 3.61. The van der Waals surface area contributed by atoms with E-state index >= 15 is 0 Å². The van der Waals surface area contributed by atoms with Gasteiger partial charge in [0.15, 0.2) is 0 Å². The van der Waals surface area contributed by atoms with E-state index in [1.807, 2.05) is 0 Å². The third kappa shape index (κ3) is 6.16. The molecule has 0 saturated heterocycles. The van der Waals surface area contributed by atoms with Crippen LogP contribution in [0.4, 0.5) is 0 Å². The monoisotopic (exact) mass is 214 g/mol. The zero-order valence-corrected chi connectivity index (χ0v) is 11.3. The number of hydrogen-bond donors (Lipinski definition) is 1. The molecule has 0 rings (SSSR count). The molecule has 0 heterocycles. The average molecular weight is 214 g/mol. The fourth-order valence-corrected chi connectivity index (χ4v) is 2.12. The van der Waals surface area contributed by atoms with Crippen LogP contribution in [0.3, 0.4) is 0 Å². The summed E-state index contributed by atoms with van der Waals surface area (Å²) in [4.78, 5) is 2.48. The fourth-order valence-electron chi connectivity index (χ4n) is 2.12. The minimum absolute atomic E-state index is 0.708. The molecule has 0 amide bonds. The summed E-state index contributed by atoms with van der Waals surface area (Å²) < 4.78 is 0. The molecule has 15 heavy (non-hydrogen) atoms. The number of hydrogen-bond acceptors (Lipinski definition) is 2. The van der Waals surface area contributed by atoms with Gasteiger partial charge in [-0.2, -0.15) is 0 Å². The molecule has 1 N–H and O–H groups in total. The number of nitrogens with zero attached hydrogens (tertiary/aromatic N) is 1. The Hall–Kier alpha value is -0.0800. The minimum Gasteiger partial charge on any atom is -0.313 e. The van der Waals surface area contributed by atoms with Gasteiger partial charge in [-0.15, -0.1) is 0 Å². The van der Waals surface area contributed by atoms with E-state index in [-0.39, 0.29) is 0 Å². The summed E-state index contributed by atoms with van der Waals surface area (Å²) >= 11 is 0. The van der Waals surface area contributed by atoms with Gasteiger partial charge in [0.05, 0.1) is 0 Å². The highest BCUT2D eigenvalue weighted by molar-refractivity contribution is 4.68. The first-order valence-electron chi connectivity index (χ1n) is 6.63. The molecule has 0 bridgehead atoms. The van der Waals surface area contributed by atoms with Gasteiger partial charge in [0.2, 0.25) is 0 Å². The van der Waals surface area contributed by atoms with Crippen LogP contribution < -0.4 is 5.32 Å². The number of nitrogens with one attached hydrogen (secondary N) is 1. The molecule has 0 aromatic rings. The average Bonchev–Trinajstić information content (AvgIpc) is 2.26. The maximum absolute atomic E-state index is 3.61. The molecule has 0 saturated carbocycles. The molecule has 0 aliphatic heterocycles. The Morgan fingerprint density at radius 2 is 1.47 bits per heavy atom. The van der Waals surface area contributed by atoms with Crippen molar-refractivity contribution in [1.82, 2.24) is 10.2 Å². The van der Waals surface area contributed by atoms with Crippen LogP contribution in [-0.2, 0) is 0 Å². The molecule has 0 aromatic heterocycles. The van der Waals surface area contributed by atoms with Crippen LogP contribution in [0.5, 0.6) is 0 Å². The largest absolute Gasteiger partial charge is 0.313 e. The van der Waals surface area contributed by atoms with Crippen molar-refractivity contribution in [3.05, 3.63) is 0 Å². The van der Waals surface area contributed by atoms with E-state index in [0.29, 0.717) is 6.04 Å². The predicted octanol–water partition coefficient (Wildman–Crippen LogP) is 2.89. The lowest BCUT2D eigenvalue weighted by atomic mass is 10.1. The third-order valence-corrected chi connectivity index (χ3v) is 3.45. The maximum Gasteiger partial charge on any atom is 0.0107 e. The molecular formula is C13H30N2. The Morgan fingerprint density at radius 1 is 0.933 bits per heavy atom. The van der Waals surface area contributed by atoms with E-state index in [1.54, 1.807) is 0 Å². The quantitative estimate of drug-likeness (QED) is 0.635. The molecule has 0 aliphatic carbocycles. The van der Waals surface area contributed by atoms with Crippen molar-refractivity contribution in [1.29, 1.82) is 0 Å². The van der Waals surface area contributed by atoms with Crippen molar-refractivity contribution >= 4 is 0 Å². The SMILES string of the molecule is CCC(CC)NCCN(C)C(CC)CC.